The molecule has 1 heterocycles. The summed E-state index contributed by atoms with van der Waals surface area (Å²) >= 11 is 5.82. The molecule has 0 bridgehead atoms. The van der Waals surface area contributed by atoms with Gasteiger partial charge in [-0.25, -0.2) is 14.6 Å². The Morgan fingerprint density at radius 1 is 1.21 bits per heavy atom. The zero-order chi connectivity index (χ0) is 21.6. The maximum absolute atomic E-state index is 12.2. The average molecular weight is 445 g/mol. The molecule has 0 aliphatic carbocycles. The van der Waals surface area contributed by atoms with Gasteiger partial charge in [-0.1, -0.05) is 29.8 Å². The van der Waals surface area contributed by atoms with Crippen LogP contribution in [0, 0.1) is 0 Å². The number of methoxy groups -OCH3 is 2. The first-order valence-electron chi connectivity index (χ1n) is 7.86. The van der Waals surface area contributed by atoms with Crippen molar-refractivity contribution in [2.24, 2.45) is 0 Å². The molecule has 0 atom stereocenters. The molecule has 0 fully saturated rings. The normalized spacial score (nSPS) is 10.9. The Balaban J connectivity index is 2.08. The van der Waals surface area contributed by atoms with Crippen molar-refractivity contribution in [3.63, 3.8) is 0 Å². The smallest absolute Gasteiger partial charge is 0.349 e. The second-order valence-corrected chi connectivity index (χ2v) is 7.39. The highest BCUT2D eigenvalue weighted by Crippen LogP contribution is 2.18. The van der Waals surface area contributed by atoms with Crippen LogP contribution in [-0.2, 0) is 24.9 Å². The number of halogens is 1. The number of ether oxygens (including phenoxy) is 2. The zero-order valence-corrected chi connectivity index (χ0v) is 17.2. The fourth-order valence-electron chi connectivity index (χ4n) is 2.07. The Kier molecular flexibility index (Phi) is 7.31. The van der Waals surface area contributed by atoms with Crippen LogP contribution in [0.4, 0.5) is 10.7 Å². The molecular weight excluding hydrogens is 428 g/mol. The number of rotatable bonds is 7. The van der Waals surface area contributed by atoms with Crippen molar-refractivity contribution in [1.82, 2.24) is 15.4 Å². The first kappa shape index (κ1) is 22.3. The molecule has 0 saturated heterocycles. The van der Waals surface area contributed by atoms with Gasteiger partial charge in [0.2, 0.25) is 11.8 Å². The zero-order valence-electron chi connectivity index (χ0n) is 15.6. The van der Waals surface area contributed by atoms with Crippen LogP contribution in [0.15, 0.2) is 30.3 Å². The van der Waals surface area contributed by atoms with Crippen LogP contribution in [0.25, 0.3) is 0 Å². The van der Waals surface area contributed by atoms with E-state index in [2.05, 4.69) is 19.0 Å². The predicted octanol–water partition coefficient (Wildman–Crippen LogP) is 1.53. The quantitative estimate of drug-likeness (QED) is 0.382. The molecule has 0 aliphatic heterocycles. The van der Waals surface area contributed by atoms with Gasteiger partial charge < -0.3 is 9.47 Å². The standard InChI is InChI=1S/C16H17ClN4O7S/c1-21(15-18-12(17)8-13(19-15)26-2)16(23)20-28-29(24,25)9-10-6-4-5-7-11(10)14(22)27-3/h4-8H,9H2,1-3H3,(H,20,23). The Labute approximate surface area is 171 Å². The molecule has 156 valence electrons. The fourth-order valence-corrected chi connectivity index (χ4v) is 3.13. The lowest BCUT2D eigenvalue weighted by Gasteiger charge is -2.16. The van der Waals surface area contributed by atoms with Gasteiger partial charge in [0.25, 0.3) is 10.1 Å². The molecule has 0 spiro atoms. The van der Waals surface area contributed by atoms with Gasteiger partial charge in [-0.05, 0) is 11.6 Å². The summed E-state index contributed by atoms with van der Waals surface area (Å²) in [6.07, 6.45) is 0. The van der Waals surface area contributed by atoms with Gasteiger partial charge in [-0.2, -0.15) is 18.9 Å². The number of amides is 2. The summed E-state index contributed by atoms with van der Waals surface area (Å²) in [5, 5.41) is 0.0134. The number of hydrogen-bond acceptors (Lipinski definition) is 9. The minimum Gasteiger partial charge on any atom is -0.481 e. The van der Waals surface area contributed by atoms with Crippen LogP contribution in [0.2, 0.25) is 5.15 Å². The van der Waals surface area contributed by atoms with Crippen molar-refractivity contribution >= 4 is 39.7 Å². The Hall–Kier alpha value is -2.96. The summed E-state index contributed by atoms with van der Waals surface area (Å²) in [7, 11) is -0.497. The van der Waals surface area contributed by atoms with Crippen molar-refractivity contribution in [2.75, 3.05) is 26.2 Å². The lowest BCUT2D eigenvalue weighted by atomic mass is 10.1. The van der Waals surface area contributed by atoms with Gasteiger partial charge in [0.1, 0.15) is 10.9 Å². The van der Waals surface area contributed by atoms with Crippen LogP contribution in [0.3, 0.4) is 0 Å². The van der Waals surface area contributed by atoms with Gasteiger partial charge in [-0.15, -0.1) is 4.28 Å². The van der Waals surface area contributed by atoms with E-state index in [-0.39, 0.29) is 28.1 Å². The molecule has 29 heavy (non-hydrogen) atoms. The summed E-state index contributed by atoms with van der Waals surface area (Å²) in [4.78, 5) is 32.5. The highest BCUT2D eigenvalue weighted by atomic mass is 35.5. The van der Waals surface area contributed by atoms with Crippen LogP contribution >= 0.6 is 11.6 Å². The van der Waals surface area contributed by atoms with E-state index in [1.165, 1.54) is 39.5 Å². The monoisotopic (exact) mass is 444 g/mol. The van der Waals surface area contributed by atoms with E-state index in [0.29, 0.717) is 0 Å². The minimum absolute atomic E-state index is 0.0134. The summed E-state index contributed by atoms with van der Waals surface area (Å²) in [6, 6.07) is 6.28. The third-order valence-corrected chi connectivity index (χ3v) is 4.68. The van der Waals surface area contributed by atoms with E-state index in [1.54, 1.807) is 17.6 Å². The molecular formula is C16H17ClN4O7S. The minimum atomic E-state index is -4.29. The molecule has 2 amide bonds. The lowest BCUT2D eigenvalue weighted by molar-refractivity contribution is 0.0599. The Morgan fingerprint density at radius 3 is 2.55 bits per heavy atom. The van der Waals surface area contributed by atoms with E-state index in [4.69, 9.17) is 16.3 Å². The Morgan fingerprint density at radius 2 is 1.90 bits per heavy atom. The third kappa shape index (κ3) is 6.01. The Bertz CT molecular complexity index is 1020. The van der Waals surface area contributed by atoms with Crippen LogP contribution in [0.1, 0.15) is 15.9 Å². The molecule has 0 aliphatic rings. The average Bonchev–Trinajstić information content (AvgIpc) is 2.70. The molecule has 1 N–H and O–H groups in total. The fraction of sp³-hybridized carbons (Fsp3) is 0.250. The van der Waals surface area contributed by atoms with Crippen LogP contribution < -0.4 is 15.1 Å². The predicted molar refractivity (Wildman–Crippen MR) is 102 cm³/mol. The number of carbonyl (C=O) groups excluding carboxylic acids is 2. The topological polar surface area (TPSA) is 137 Å². The largest absolute Gasteiger partial charge is 0.481 e. The number of anilines is 1. The molecule has 0 radical (unpaired) electrons. The number of hydrogen-bond donors (Lipinski definition) is 1. The highest BCUT2D eigenvalue weighted by Gasteiger charge is 2.22. The number of nitrogens with one attached hydrogen (secondary N) is 1. The second kappa shape index (κ2) is 9.49. The van der Waals surface area contributed by atoms with Crippen LogP contribution in [0.5, 0.6) is 5.88 Å². The van der Waals surface area contributed by atoms with Gasteiger partial charge >= 0.3 is 12.0 Å². The molecule has 2 rings (SSSR count). The van der Waals surface area contributed by atoms with Crippen molar-refractivity contribution in [3.05, 3.63) is 46.6 Å². The number of hydroxylamine groups is 1. The van der Waals surface area contributed by atoms with Gasteiger partial charge in [0.05, 0.1) is 19.8 Å². The number of esters is 1. The molecule has 11 nitrogen and oxygen atoms in total. The third-order valence-electron chi connectivity index (χ3n) is 3.48. The van der Waals surface area contributed by atoms with Crippen molar-refractivity contribution in [3.8, 4) is 5.88 Å². The highest BCUT2D eigenvalue weighted by molar-refractivity contribution is 7.85. The summed E-state index contributed by atoms with van der Waals surface area (Å²) in [5.41, 5.74) is 1.98. The van der Waals surface area contributed by atoms with Crippen molar-refractivity contribution in [1.29, 1.82) is 0 Å². The molecule has 0 unspecified atom stereocenters. The number of urea groups is 1. The number of carbonyl (C=O) groups is 2. The first-order valence-corrected chi connectivity index (χ1v) is 9.82. The maximum atomic E-state index is 12.2. The molecule has 13 heteroatoms. The van der Waals surface area contributed by atoms with E-state index in [1.807, 2.05) is 0 Å². The summed E-state index contributed by atoms with van der Waals surface area (Å²) in [6.45, 7) is 0. The lowest BCUT2D eigenvalue weighted by Crippen LogP contribution is -2.39. The molecule has 2 aromatic rings. The first-order chi connectivity index (χ1) is 13.7. The van der Waals surface area contributed by atoms with E-state index in [9.17, 15) is 18.0 Å². The van der Waals surface area contributed by atoms with E-state index in [0.717, 1.165) is 4.90 Å². The maximum Gasteiger partial charge on any atom is 0.349 e. The molecule has 0 saturated carbocycles. The second-order valence-electron chi connectivity index (χ2n) is 5.43. The molecule has 1 aromatic carbocycles. The van der Waals surface area contributed by atoms with Gasteiger partial charge in [0.15, 0.2) is 0 Å². The van der Waals surface area contributed by atoms with E-state index >= 15 is 0 Å². The van der Waals surface area contributed by atoms with Crippen molar-refractivity contribution in [2.45, 2.75) is 5.75 Å². The number of nitrogens with zero attached hydrogens (tertiary/aromatic N) is 3. The number of aromatic nitrogens is 2. The van der Waals surface area contributed by atoms with Crippen LogP contribution in [-0.4, -0.2) is 51.7 Å². The van der Waals surface area contributed by atoms with E-state index < -0.39 is 27.9 Å². The van der Waals surface area contributed by atoms with Crippen molar-refractivity contribution < 1.29 is 31.8 Å². The SMILES string of the molecule is COC(=O)c1ccccc1CS(=O)(=O)ONC(=O)N(C)c1nc(Cl)cc(OC)n1. The van der Waals surface area contributed by atoms with Gasteiger partial charge in [-0.3, -0.25) is 4.90 Å². The van der Waals surface area contributed by atoms with Gasteiger partial charge in [0, 0.05) is 13.1 Å². The number of benzene rings is 1. The summed E-state index contributed by atoms with van der Waals surface area (Å²) < 4.78 is 38.5. The molecule has 1 aromatic heterocycles. The summed E-state index contributed by atoms with van der Waals surface area (Å²) in [5.74, 6) is -1.42.